The van der Waals surface area contributed by atoms with Crippen LogP contribution in [0.1, 0.15) is 51.9 Å². The van der Waals surface area contributed by atoms with Gasteiger partial charge < -0.3 is 4.52 Å². The fourth-order valence-corrected chi connectivity index (χ4v) is 6.86. The van der Waals surface area contributed by atoms with Crippen LogP contribution in [0.3, 0.4) is 0 Å². The van der Waals surface area contributed by atoms with Crippen LogP contribution in [0.5, 0.6) is 0 Å². The molecule has 1 fully saturated rings. The fourth-order valence-electron chi connectivity index (χ4n) is 2.90. The van der Waals surface area contributed by atoms with Crippen LogP contribution in [0.25, 0.3) is 0 Å². The van der Waals surface area contributed by atoms with E-state index < -0.39 is 23.8 Å². The minimum Gasteiger partial charge on any atom is -0.327 e. The lowest BCUT2D eigenvalue weighted by atomic mass is 10.0. The molecule has 0 N–H and O–H groups in total. The van der Waals surface area contributed by atoms with Crippen LogP contribution in [-0.4, -0.2) is 27.0 Å². The van der Waals surface area contributed by atoms with Gasteiger partial charge in [0.05, 0.1) is 11.5 Å². The summed E-state index contributed by atoms with van der Waals surface area (Å²) in [6, 6.07) is 5.72. The van der Waals surface area contributed by atoms with Gasteiger partial charge in [-0.25, -0.2) is 0 Å². The summed E-state index contributed by atoms with van der Waals surface area (Å²) < 4.78 is 48.9. The highest BCUT2D eigenvalue weighted by atomic mass is 35.5. The first-order chi connectivity index (χ1) is 11.9. The van der Waals surface area contributed by atoms with Crippen LogP contribution >= 0.6 is 19.0 Å². The molecule has 0 heterocycles. The maximum Gasteiger partial charge on any atom is 0.297 e. The third-order valence-corrected chi connectivity index (χ3v) is 8.87. The Bertz CT molecular complexity index is 683. The van der Waals surface area contributed by atoms with Crippen molar-refractivity contribution in [1.29, 1.82) is 0 Å². The van der Waals surface area contributed by atoms with Gasteiger partial charge in [-0.15, -0.1) is 0 Å². The Kier molecular flexibility index (Phi) is 7.96. The predicted octanol–water partition coefficient (Wildman–Crippen LogP) is 5.43. The van der Waals surface area contributed by atoms with E-state index in [9.17, 15) is 13.0 Å². The lowest BCUT2D eigenvalue weighted by Gasteiger charge is -2.30. The molecule has 1 unspecified atom stereocenters. The Morgan fingerprint density at radius 3 is 2.40 bits per heavy atom. The molecule has 0 amide bonds. The molecule has 0 aliphatic heterocycles. The largest absolute Gasteiger partial charge is 0.327 e. The van der Waals surface area contributed by atoms with Crippen molar-refractivity contribution in [3.8, 4) is 0 Å². The molecule has 0 radical (unpaired) electrons. The minimum absolute atomic E-state index is 0.000604. The van der Waals surface area contributed by atoms with E-state index in [1.54, 1.807) is 0 Å². The van der Waals surface area contributed by atoms with Crippen molar-refractivity contribution in [3.05, 3.63) is 29.3 Å². The van der Waals surface area contributed by atoms with Crippen molar-refractivity contribution in [2.45, 2.75) is 62.4 Å². The zero-order valence-electron chi connectivity index (χ0n) is 14.5. The van der Waals surface area contributed by atoms with Crippen LogP contribution < -0.4 is 0 Å². The van der Waals surface area contributed by atoms with Crippen molar-refractivity contribution in [1.82, 2.24) is 0 Å². The maximum atomic E-state index is 13.3. The molecule has 0 spiro atoms. The SMILES string of the molecule is CCCCOP(=O)(COS(=O)(=O)c1ccc(Cl)cc1)C1CCCCC1. The van der Waals surface area contributed by atoms with Crippen LogP contribution in [-0.2, 0) is 23.4 Å². The van der Waals surface area contributed by atoms with E-state index >= 15 is 0 Å². The molecule has 5 nitrogen and oxygen atoms in total. The fraction of sp³-hybridized carbons (Fsp3) is 0.647. The third kappa shape index (κ3) is 6.07. The third-order valence-electron chi connectivity index (χ3n) is 4.43. The van der Waals surface area contributed by atoms with Crippen molar-refractivity contribution in [2.24, 2.45) is 0 Å². The van der Waals surface area contributed by atoms with Gasteiger partial charge in [0.25, 0.3) is 10.1 Å². The van der Waals surface area contributed by atoms with Gasteiger partial charge in [0, 0.05) is 10.7 Å². The average Bonchev–Trinajstić information content (AvgIpc) is 2.61. The van der Waals surface area contributed by atoms with E-state index in [1.807, 2.05) is 6.92 Å². The summed E-state index contributed by atoms with van der Waals surface area (Å²) in [7, 11) is -7.17. The molecule has 0 aromatic heterocycles. The van der Waals surface area contributed by atoms with E-state index in [1.165, 1.54) is 24.3 Å². The summed E-state index contributed by atoms with van der Waals surface area (Å²) in [5.74, 6) is 0. The summed E-state index contributed by atoms with van der Waals surface area (Å²) in [6.07, 6.45) is 6.03. The molecule has 1 aromatic carbocycles. The Labute approximate surface area is 155 Å². The highest BCUT2D eigenvalue weighted by Gasteiger charge is 2.37. The Hall–Kier alpha value is -0.390. The first kappa shape index (κ1) is 20.9. The molecule has 1 atom stereocenters. The molecule has 0 bridgehead atoms. The molecule has 1 aliphatic rings. The summed E-state index contributed by atoms with van der Waals surface area (Å²) in [5.41, 5.74) is -0.112. The summed E-state index contributed by atoms with van der Waals surface area (Å²) in [4.78, 5) is 0.000604. The van der Waals surface area contributed by atoms with Gasteiger partial charge >= 0.3 is 0 Å². The first-order valence-electron chi connectivity index (χ1n) is 8.76. The number of hydrogen-bond acceptors (Lipinski definition) is 5. The lowest BCUT2D eigenvalue weighted by Crippen LogP contribution is -2.20. The summed E-state index contributed by atoms with van der Waals surface area (Å²) >= 11 is 5.78. The monoisotopic (exact) mass is 408 g/mol. The Morgan fingerprint density at radius 2 is 1.80 bits per heavy atom. The van der Waals surface area contributed by atoms with E-state index in [2.05, 4.69) is 0 Å². The molecule has 0 saturated heterocycles. The van der Waals surface area contributed by atoms with E-state index in [4.69, 9.17) is 20.3 Å². The van der Waals surface area contributed by atoms with Crippen molar-refractivity contribution in [3.63, 3.8) is 0 Å². The molecular weight excluding hydrogens is 383 g/mol. The molecule has 1 saturated carbocycles. The number of rotatable bonds is 9. The molecule has 2 rings (SSSR count). The van der Waals surface area contributed by atoms with Gasteiger partial charge in [0.15, 0.2) is 0 Å². The second-order valence-electron chi connectivity index (χ2n) is 6.36. The second-order valence-corrected chi connectivity index (χ2v) is 11.1. The van der Waals surface area contributed by atoms with Gasteiger partial charge in [-0.3, -0.25) is 8.75 Å². The summed E-state index contributed by atoms with van der Waals surface area (Å²) in [6.45, 7) is 2.39. The number of unbranched alkanes of at least 4 members (excludes halogenated alkanes) is 1. The van der Waals surface area contributed by atoms with Gasteiger partial charge in [0.1, 0.15) is 6.35 Å². The summed E-state index contributed by atoms with van der Waals surface area (Å²) in [5, 5.41) is 0.440. The van der Waals surface area contributed by atoms with Gasteiger partial charge in [-0.1, -0.05) is 44.2 Å². The number of halogens is 1. The molecule has 25 heavy (non-hydrogen) atoms. The number of benzene rings is 1. The van der Waals surface area contributed by atoms with Crippen LogP contribution in [0.15, 0.2) is 29.2 Å². The quantitative estimate of drug-likeness (QED) is 0.309. The molecule has 142 valence electrons. The second kappa shape index (κ2) is 9.52. The molecular formula is C17H26ClO5PS. The highest BCUT2D eigenvalue weighted by Crippen LogP contribution is 2.57. The van der Waals surface area contributed by atoms with Crippen LogP contribution in [0.2, 0.25) is 5.02 Å². The lowest BCUT2D eigenvalue weighted by molar-refractivity contribution is 0.264. The predicted molar refractivity (Wildman–Crippen MR) is 99.9 cm³/mol. The van der Waals surface area contributed by atoms with Crippen molar-refractivity contribution in [2.75, 3.05) is 13.0 Å². The van der Waals surface area contributed by atoms with E-state index in [-0.39, 0.29) is 10.6 Å². The molecule has 8 heteroatoms. The topological polar surface area (TPSA) is 69.7 Å². The Balaban J connectivity index is 2.09. The first-order valence-corrected chi connectivity index (χ1v) is 12.4. The zero-order valence-corrected chi connectivity index (χ0v) is 17.0. The van der Waals surface area contributed by atoms with E-state index in [0.29, 0.717) is 11.6 Å². The maximum absolute atomic E-state index is 13.3. The van der Waals surface area contributed by atoms with Gasteiger partial charge in [0.2, 0.25) is 7.37 Å². The highest BCUT2D eigenvalue weighted by molar-refractivity contribution is 7.87. The number of hydrogen-bond donors (Lipinski definition) is 0. The zero-order chi connectivity index (χ0) is 18.3. The Morgan fingerprint density at radius 1 is 1.16 bits per heavy atom. The average molecular weight is 409 g/mol. The van der Waals surface area contributed by atoms with Crippen LogP contribution in [0.4, 0.5) is 0 Å². The standard InChI is InChI=1S/C17H26ClO5PS/c1-2-3-13-22-24(19,16-7-5-4-6-8-16)14-23-25(20,21)17-11-9-15(18)10-12-17/h9-12,16H,2-8,13-14H2,1H3. The van der Waals surface area contributed by atoms with Crippen molar-refractivity contribution < 1.29 is 21.7 Å². The smallest absolute Gasteiger partial charge is 0.297 e. The van der Waals surface area contributed by atoms with E-state index in [0.717, 1.165) is 44.9 Å². The normalized spacial score (nSPS) is 18.8. The molecule has 1 aliphatic carbocycles. The van der Waals surface area contributed by atoms with Gasteiger partial charge in [-0.2, -0.15) is 8.42 Å². The molecule has 1 aromatic rings. The van der Waals surface area contributed by atoms with Gasteiger partial charge in [-0.05, 0) is 43.5 Å². The van der Waals surface area contributed by atoms with Crippen LogP contribution in [0, 0.1) is 0 Å². The minimum atomic E-state index is -3.99. The van der Waals surface area contributed by atoms with Crippen molar-refractivity contribution >= 4 is 29.1 Å².